The Hall–Kier alpha value is -0.370. The van der Waals surface area contributed by atoms with Crippen molar-refractivity contribution in [3.8, 4) is 0 Å². The standard InChI is InChI=1S/C7H15NO.C2H6/c1-6(5-8-3)4-7(2)9;1-2/h6,8H,4-5H2,1-3H3;1-2H3/p+1/t6-;/m0./s1. The molecule has 0 amide bonds. The van der Waals surface area contributed by atoms with Crippen molar-refractivity contribution in [2.75, 3.05) is 13.6 Å². The number of carbonyl (C=O) groups excluding carboxylic acids is 1. The van der Waals surface area contributed by atoms with Crippen LogP contribution in [-0.2, 0) is 4.79 Å². The molecule has 0 aromatic carbocycles. The maximum atomic E-state index is 10.5. The summed E-state index contributed by atoms with van der Waals surface area (Å²) in [6.45, 7) is 8.80. The fourth-order valence-corrected chi connectivity index (χ4v) is 0.976. The number of hydrogen-bond donors (Lipinski definition) is 1. The van der Waals surface area contributed by atoms with Crippen molar-refractivity contribution < 1.29 is 10.1 Å². The lowest BCUT2D eigenvalue weighted by molar-refractivity contribution is -0.632. The lowest BCUT2D eigenvalue weighted by atomic mass is 10.1. The number of quaternary nitrogens is 1. The first-order valence-corrected chi connectivity index (χ1v) is 4.44. The minimum absolute atomic E-state index is 0.296. The smallest absolute Gasteiger partial charge is 0.130 e. The topological polar surface area (TPSA) is 33.7 Å². The molecule has 2 heteroatoms. The highest BCUT2D eigenvalue weighted by Crippen LogP contribution is 1.97. The molecule has 0 unspecified atom stereocenters. The van der Waals surface area contributed by atoms with Crippen LogP contribution in [0.1, 0.15) is 34.1 Å². The summed E-state index contributed by atoms with van der Waals surface area (Å²) >= 11 is 0. The molecule has 0 heterocycles. The maximum Gasteiger partial charge on any atom is 0.130 e. The van der Waals surface area contributed by atoms with E-state index in [4.69, 9.17) is 0 Å². The highest BCUT2D eigenvalue weighted by molar-refractivity contribution is 5.75. The number of rotatable bonds is 4. The van der Waals surface area contributed by atoms with E-state index in [1.165, 1.54) is 0 Å². The van der Waals surface area contributed by atoms with Crippen LogP contribution in [0.2, 0.25) is 0 Å². The first kappa shape index (κ1) is 13.2. The van der Waals surface area contributed by atoms with Gasteiger partial charge in [0.05, 0.1) is 13.6 Å². The van der Waals surface area contributed by atoms with Crippen LogP contribution < -0.4 is 5.32 Å². The molecule has 11 heavy (non-hydrogen) atoms. The number of Topliss-reactive ketones (excluding diaryl/α,β-unsaturated/α-hetero) is 1. The second-order valence-electron chi connectivity index (χ2n) is 2.66. The van der Waals surface area contributed by atoms with Crippen molar-refractivity contribution in [3.05, 3.63) is 0 Å². The quantitative estimate of drug-likeness (QED) is 0.649. The van der Waals surface area contributed by atoms with Gasteiger partial charge < -0.3 is 10.1 Å². The van der Waals surface area contributed by atoms with Gasteiger partial charge in [0.1, 0.15) is 5.78 Å². The summed E-state index contributed by atoms with van der Waals surface area (Å²) in [5.74, 6) is 0.830. The Balaban J connectivity index is 0. The highest BCUT2D eigenvalue weighted by Gasteiger charge is 2.04. The Morgan fingerprint density at radius 1 is 1.45 bits per heavy atom. The second-order valence-corrected chi connectivity index (χ2v) is 2.66. The van der Waals surface area contributed by atoms with Crippen molar-refractivity contribution in [2.24, 2.45) is 5.92 Å². The highest BCUT2D eigenvalue weighted by atomic mass is 16.1. The Bertz CT molecular complexity index is 91.6. The van der Waals surface area contributed by atoms with Gasteiger partial charge >= 0.3 is 0 Å². The van der Waals surface area contributed by atoms with Gasteiger partial charge in [-0.15, -0.1) is 0 Å². The molecule has 68 valence electrons. The summed E-state index contributed by atoms with van der Waals surface area (Å²) in [6.07, 6.45) is 0.727. The third-order valence-corrected chi connectivity index (χ3v) is 1.27. The van der Waals surface area contributed by atoms with Gasteiger partial charge in [-0.2, -0.15) is 0 Å². The van der Waals surface area contributed by atoms with Crippen LogP contribution in [0.25, 0.3) is 0 Å². The van der Waals surface area contributed by atoms with Crippen LogP contribution in [0.4, 0.5) is 0 Å². The van der Waals surface area contributed by atoms with Crippen LogP contribution in [-0.4, -0.2) is 19.4 Å². The Labute approximate surface area is 70.4 Å². The molecule has 0 aliphatic carbocycles. The van der Waals surface area contributed by atoms with E-state index < -0.39 is 0 Å². The lowest BCUT2D eigenvalue weighted by Crippen LogP contribution is -2.81. The van der Waals surface area contributed by atoms with Crippen molar-refractivity contribution in [3.63, 3.8) is 0 Å². The van der Waals surface area contributed by atoms with Crippen molar-refractivity contribution in [2.45, 2.75) is 34.1 Å². The van der Waals surface area contributed by atoms with Gasteiger partial charge in [0.2, 0.25) is 0 Å². The molecule has 0 aromatic heterocycles. The van der Waals surface area contributed by atoms with Gasteiger partial charge in [-0.25, -0.2) is 0 Å². The minimum atomic E-state index is 0.296. The van der Waals surface area contributed by atoms with Gasteiger partial charge in [0, 0.05) is 12.3 Å². The monoisotopic (exact) mass is 160 g/mol. The van der Waals surface area contributed by atoms with Crippen molar-refractivity contribution in [1.82, 2.24) is 0 Å². The maximum absolute atomic E-state index is 10.5. The molecular formula is C9H22NO+. The Morgan fingerprint density at radius 3 is 2.18 bits per heavy atom. The molecule has 0 saturated carbocycles. The van der Waals surface area contributed by atoms with E-state index in [-0.39, 0.29) is 0 Å². The molecule has 0 radical (unpaired) electrons. The fraction of sp³-hybridized carbons (Fsp3) is 0.889. The van der Waals surface area contributed by atoms with Crippen LogP contribution in [0, 0.1) is 5.92 Å². The summed E-state index contributed by atoms with van der Waals surface area (Å²) in [4.78, 5) is 10.5. The number of ketones is 1. The fourth-order valence-electron chi connectivity index (χ4n) is 0.976. The van der Waals surface area contributed by atoms with Crippen molar-refractivity contribution >= 4 is 5.78 Å². The summed E-state index contributed by atoms with van der Waals surface area (Å²) in [6, 6.07) is 0. The third kappa shape index (κ3) is 12.8. The predicted octanol–water partition coefficient (Wildman–Crippen LogP) is 0.821. The summed E-state index contributed by atoms with van der Waals surface area (Å²) in [5, 5.41) is 2.10. The summed E-state index contributed by atoms with van der Waals surface area (Å²) < 4.78 is 0. The summed E-state index contributed by atoms with van der Waals surface area (Å²) in [5.41, 5.74) is 0. The van der Waals surface area contributed by atoms with E-state index in [0.717, 1.165) is 13.0 Å². The molecule has 0 aromatic rings. The van der Waals surface area contributed by atoms with Gasteiger partial charge in [-0.3, -0.25) is 0 Å². The molecule has 0 rings (SSSR count). The molecule has 0 saturated heterocycles. The molecule has 2 N–H and O–H groups in total. The van der Waals surface area contributed by atoms with E-state index in [1.807, 2.05) is 20.9 Å². The number of carbonyl (C=O) groups is 1. The Morgan fingerprint density at radius 2 is 1.91 bits per heavy atom. The van der Waals surface area contributed by atoms with Crippen molar-refractivity contribution in [1.29, 1.82) is 0 Å². The summed E-state index contributed by atoms with van der Waals surface area (Å²) in [7, 11) is 2.02. The zero-order chi connectivity index (χ0) is 9.28. The van der Waals surface area contributed by atoms with E-state index in [0.29, 0.717) is 11.7 Å². The third-order valence-electron chi connectivity index (χ3n) is 1.27. The predicted molar refractivity (Wildman–Crippen MR) is 48.5 cm³/mol. The first-order chi connectivity index (χ1) is 5.16. The molecule has 0 spiro atoms. The lowest BCUT2D eigenvalue weighted by Gasteiger charge is -2.03. The normalized spacial score (nSPS) is 11.4. The van der Waals surface area contributed by atoms with Gasteiger partial charge in [-0.05, 0) is 6.92 Å². The largest absolute Gasteiger partial charge is 0.348 e. The number of nitrogens with two attached hydrogens (primary N) is 1. The molecule has 0 fully saturated rings. The SMILES string of the molecule is CC.C[NH2+]C[C@@H](C)CC(C)=O. The van der Waals surface area contributed by atoms with Crippen LogP contribution in [0.15, 0.2) is 0 Å². The van der Waals surface area contributed by atoms with E-state index in [9.17, 15) is 4.79 Å². The number of hydrogen-bond acceptors (Lipinski definition) is 1. The van der Waals surface area contributed by atoms with E-state index in [2.05, 4.69) is 12.2 Å². The van der Waals surface area contributed by atoms with Crippen LogP contribution in [0.3, 0.4) is 0 Å². The Kier molecular flexibility index (Phi) is 11.6. The van der Waals surface area contributed by atoms with Crippen LogP contribution in [0.5, 0.6) is 0 Å². The molecule has 0 aliphatic rings. The molecule has 1 atom stereocenters. The van der Waals surface area contributed by atoms with Gasteiger partial charge in [0.25, 0.3) is 0 Å². The average molecular weight is 160 g/mol. The molecule has 0 aliphatic heterocycles. The van der Waals surface area contributed by atoms with E-state index in [1.54, 1.807) is 6.92 Å². The first-order valence-electron chi connectivity index (χ1n) is 4.44. The van der Waals surface area contributed by atoms with E-state index >= 15 is 0 Å². The van der Waals surface area contributed by atoms with Gasteiger partial charge in [-0.1, -0.05) is 20.8 Å². The zero-order valence-corrected chi connectivity index (χ0v) is 8.48. The second kappa shape index (κ2) is 9.63. The molecular weight excluding hydrogens is 138 g/mol. The molecule has 0 bridgehead atoms. The van der Waals surface area contributed by atoms with Gasteiger partial charge in [0.15, 0.2) is 0 Å². The zero-order valence-electron chi connectivity index (χ0n) is 8.48. The van der Waals surface area contributed by atoms with Crippen LogP contribution >= 0.6 is 0 Å². The average Bonchev–Trinajstić information content (AvgIpc) is 1.91. The molecule has 2 nitrogen and oxygen atoms in total. The minimum Gasteiger partial charge on any atom is -0.348 e.